The Balaban J connectivity index is 1.63. The molecule has 1 aromatic carbocycles. The number of hydrogen-bond donors (Lipinski definition) is 2. The summed E-state index contributed by atoms with van der Waals surface area (Å²) in [4.78, 5) is 17.3. The summed E-state index contributed by atoms with van der Waals surface area (Å²) < 4.78 is 46.9. The zero-order valence-corrected chi connectivity index (χ0v) is 17.0. The lowest BCUT2D eigenvalue weighted by Crippen LogP contribution is -2.22. The smallest absolute Gasteiger partial charge is 0.417 e. The lowest BCUT2D eigenvalue weighted by atomic mass is 10.0. The van der Waals surface area contributed by atoms with Crippen molar-refractivity contribution in [1.29, 1.82) is 0 Å². The summed E-state index contributed by atoms with van der Waals surface area (Å²) in [5.41, 5.74) is 6.65. The SMILES string of the molecule is CCOc1ccc(CNC(=O)c2sc3nc4c(c(C(F)(F)F)c3c2N)CCC4)cc1. The number of rotatable bonds is 5. The Labute approximate surface area is 175 Å². The van der Waals surface area contributed by atoms with Crippen LogP contribution in [-0.2, 0) is 25.6 Å². The zero-order valence-electron chi connectivity index (χ0n) is 16.2. The normalized spacial score (nSPS) is 13.5. The highest BCUT2D eigenvalue weighted by Gasteiger charge is 2.40. The highest BCUT2D eigenvalue weighted by Crippen LogP contribution is 2.46. The number of aromatic nitrogens is 1. The van der Waals surface area contributed by atoms with Gasteiger partial charge in [-0.15, -0.1) is 11.3 Å². The number of halogens is 3. The molecular weight excluding hydrogens is 415 g/mol. The number of anilines is 1. The average molecular weight is 435 g/mol. The third kappa shape index (κ3) is 3.69. The highest BCUT2D eigenvalue weighted by molar-refractivity contribution is 7.21. The molecule has 4 rings (SSSR count). The number of carbonyl (C=O) groups is 1. The molecule has 158 valence electrons. The van der Waals surface area contributed by atoms with Gasteiger partial charge in [0.15, 0.2) is 0 Å². The third-order valence-corrected chi connectivity index (χ3v) is 6.18. The van der Waals surface area contributed by atoms with Gasteiger partial charge in [0.2, 0.25) is 0 Å². The number of nitrogens with zero attached hydrogens (tertiary/aromatic N) is 1. The zero-order chi connectivity index (χ0) is 21.5. The minimum atomic E-state index is -4.55. The third-order valence-electron chi connectivity index (χ3n) is 5.08. The maximum absolute atomic E-state index is 13.8. The largest absolute Gasteiger partial charge is 0.494 e. The van der Waals surface area contributed by atoms with E-state index in [9.17, 15) is 18.0 Å². The Kier molecular flexibility index (Phi) is 5.31. The van der Waals surface area contributed by atoms with Gasteiger partial charge < -0.3 is 15.8 Å². The monoisotopic (exact) mass is 435 g/mol. The topological polar surface area (TPSA) is 77.2 Å². The van der Waals surface area contributed by atoms with Crippen molar-refractivity contribution < 1.29 is 22.7 Å². The number of benzene rings is 1. The van der Waals surface area contributed by atoms with E-state index in [4.69, 9.17) is 10.5 Å². The van der Waals surface area contributed by atoms with Crippen molar-refractivity contribution in [2.75, 3.05) is 12.3 Å². The fourth-order valence-corrected chi connectivity index (χ4v) is 4.80. The number of ether oxygens (including phenoxy) is 1. The van der Waals surface area contributed by atoms with Gasteiger partial charge in [0, 0.05) is 17.6 Å². The van der Waals surface area contributed by atoms with Crippen molar-refractivity contribution in [3.8, 4) is 5.75 Å². The van der Waals surface area contributed by atoms with Crippen LogP contribution in [0.15, 0.2) is 24.3 Å². The number of aryl methyl sites for hydroxylation is 1. The van der Waals surface area contributed by atoms with Crippen molar-refractivity contribution in [2.45, 2.75) is 38.9 Å². The van der Waals surface area contributed by atoms with Crippen molar-refractivity contribution in [2.24, 2.45) is 0 Å². The molecule has 2 aromatic heterocycles. The fourth-order valence-electron chi connectivity index (χ4n) is 3.76. The van der Waals surface area contributed by atoms with E-state index in [1.165, 1.54) is 0 Å². The average Bonchev–Trinajstić information content (AvgIpc) is 3.29. The van der Waals surface area contributed by atoms with Crippen molar-refractivity contribution in [3.05, 3.63) is 51.5 Å². The van der Waals surface area contributed by atoms with E-state index in [-0.39, 0.29) is 32.9 Å². The minimum absolute atomic E-state index is 0.0533. The molecule has 0 saturated heterocycles. The number of nitrogen functional groups attached to an aromatic ring is 1. The quantitative estimate of drug-likeness (QED) is 0.608. The molecule has 0 saturated carbocycles. The van der Waals surface area contributed by atoms with E-state index in [1.807, 2.05) is 19.1 Å². The molecule has 0 radical (unpaired) electrons. The van der Waals surface area contributed by atoms with Crippen LogP contribution in [0, 0.1) is 0 Å². The first-order chi connectivity index (χ1) is 14.3. The molecule has 5 nitrogen and oxygen atoms in total. The van der Waals surface area contributed by atoms with Gasteiger partial charge in [0.25, 0.3) is 5.91 Å². The summed E-state index contributed by atoms with van der Waals surface area (Å²) in [5.74, 6) is 0.206. The van der Waals surface area contributed by atoms with E-state index in [2.05, 4.69) is 10.3 Å². The maximum atomic E-state index is 13.8. The number of thiophene rings is 1. The molecule has 1 amide bonds. The van der Waals surface area contributed by atoms with Crippen molar-refractivity contribution >= 4 is 33.1 Å². The number of alkyl halides is 3. The van der Waals surface area contributed by atoms with Gasteiger partial charge in [0.05, 0.1) is 17.9 Å². The first-order valence-electron chi connectivity index (χ1n) is 9.60. The molecule has 0 atom stereocenters. The number of nitrogens with one attached hydrogen (secondary N) is 1. The van der Waals surface area contributed by atoms with Crippen molar-refractivity contribution in [1.82, 2.24) is 10.3 Å². The van der Waals surface area contributed by atoms with Gasteiger partial charge in [-0.3, -0.25) is 4.79 Å². The predicted octanol–water partition coefficient (Wildman–Crippen LogP) is 4.71. The number of fused-ring (bicyclic) bond motifs is 2. The van der Waals surface area contributed by atoms with Crippen LogP contribution in [0.25, 0.3) is 10.2 Å². The van der Waals surface area contributed by atoms with Crippen LogP contribution < -0.4 is 15.8 Å². The summed E-state index contributed by atoms with van der Waals surface area (Å²) in [5, 5.41) is 2.57. The first-order valence-corrected chi connectivity index (χ1v) is 10.4. The molecule has 3 N–H and O–H groups in total. The van der Waals surface area contributed by atoms with E-state index in [0.29, 0.717) is 31.6 Å². The van der Waals surface area contributed by atoms with Crippen LogP contribution >= 0.6 is 11.3 Å². The molecule has 1 aliphatic rings. The van der Waals surface area contributed by atoms with Crippen LogP contribution in [0.5, 0.6) is 5.75 Å². The van der Waals surface area contributed by atoms with E-state index in [1.54, 1.807) is 12.1 Å². The Morgan fingerprint density at radius 3 is 2.67 bits per heavy atom. The van der Waals surface area contributed by atoms with E-state index < -0.39 is 17.6 Å². The van der Waals surface area contributed by atoms with Gasteiger partial charge in [-0.25, -0.2) is 4.98 Å². The summed E-state index contributed by atoms with van der Waals surface area (Å²) in [6.07, 6.45) is -3.09. The Morgan fingerprint density at radius 1 is 1.27 bits per heavy atom. The highest BCUT2D eigenvalue weighted by atomic mass is 32.1. The molecule has 2 heterocycles. The number of amides is 1. The van der Waals surface area contributed by atoms with Crippen LogP contribution in [0.1, 0.15) is 45.4 Å². The van der Waals surface area contributed by atoms with Gasteiger partial charge in [-0.2, -0.15) is 13.2 Å². The second-order valence-corrected chi connectivity index (χ2v) is 8.05. The summed E-state index contributed by atoms with van der Waals surface area (Å²) in [6.45, 7) is 2.66. The van der Waals surface area contributed by atoms with Gasteiger partial charge >= 0.3 is 6.18 Å². The summed E-state index contributed by atoms with van der Waals surface area (Å²) in [7, 11) is 0. The Morgan fingerprint density at radius 2 is 2.00 bits per heavy atom. The molecule has 0 aliphatic heterocycles. The number of nitrogens with two attached hydrogens (primary N) is 1. The Bertz CT molecular complexity index is 1110. The molecule has 0 spiro atoms. The molecule has 0 fully saturated rings. The molecular formula is C21H20F3N3O2S. The van der Waals surface area contributed by atoms with E-state index >= 15 is 0 Å². The summed E-state index contributed by atoms with van der Waals surface area (Å²) in [6, 6.07) is 7.21. The second kappa shape index (κ2) is 7.79. The number of hydrogen-bond acceptors (Lipinski definition) is 5. The summed E-state index contributed by atoms with van der Waals surface area (Å²) >= 11 is 0.904. The molecule has 0 bridgehead atoms. The first kappa shape index (κ1) is 20.5. The molecule has 30 heavy (non-hydrogen) atoms. The molecule has 1 aliphatic carbocycles. The van der Waals surface area contributed by atoms with Gasteiger partial charge in [-0.1, -0.05) is 12.1 Å². The number of carbonyl (C=O) groups excluding carboxylic acids is 1. The lowest BCUT2D eigenvalue weighted by molar-refractivity contribution is -0.136. The fraction of sp³-hybridized carbons (Fsp3) is 0.333. The predicted molar refractivity (Wildman–Crippen MR) is 110 cm³/mol. The van der Waals surface area contributed by atoms with Gasteiger partial charge in [-0.05, 0) is 49.4 Å². The molecule has 0 unspecified atom stereocenters. The Hall–Kier alpha value is -2.81. The molecule has 9 heteroatoms. The van der Waals surface area contributed by atoms with Crippen LogP contribution in [-0.4, -0.2) is 17.5 Å². The maximum Gasteiger partial charge on any atom is 0.417 e. The van der Waals surface area contributed by atoms with Crippen LogP contribution in [0.4, 0.5) is 18.9 Å². The molecule has 3 aromatic rings. The van der Waals surface area contributed by atoms with Crippen LogP contribution in [0.3, 0.4) is 0 Å². The second-order valence-electron chi connectivity index (χ2n) is 7.05. The standard InChI is InChI=1S/C21H20F3N3O2S/c1-2-29-12-8-6-11(7-9-12)10-26-19(28)18-17(25)15-16(21(22,23)24)13-4-3-5-14(13)27-20(15)30-18/h6-9H,2-5,10,25H2,1H3,(H,26,28). The minimum Gasteiger partial charge on any atom is -0.494 e. The van der Waals surface area contributed by atoms with E-state index in [0.717, 1.165) is 22.6 Å². The lowest BCUT2D eigenvalue weighted by Gasteiger charge is -2.14. The van der Waals surface area contributed by atoms with Gasteiger partial charge in [0.1, 0.15) is 15.5 Å². The van der Waals surface area contributed by atoms with Crippen LogP contribution in [0.2, 0.25) is 0 Å². The van der Waals surface area contributed by atoms with Crippen molar-refractivity contribution in [3.63, 3.8) is 0 Å². The number of pyridine rings is 1.